The van der Waals surface area contributed by atoms with Gasteiger partial charge >= 0.3 is 0 Å². The van der Waals surface area contributed by atoms with E-state index in [0.717, 1.165) is 12.2 Å². The summed E-state index contributed by atoms with van der Waals surface area (Å²) in [7, 11) is 3.71. The summed E-state index contributed by atoms with van der Waals surface area (Å²) in [5.41, 5.74) is 1.26. The van der Waals surface area contributed by atoms with Crippen molar-refractivity contribution in [1.29, 1.82) is 0 Å². The zero-order valence-corrected chi connectivity index (χ0v) is 10.3. The number of hydrogen-bond donors (Lipinski definition) is 1. The Labute approximate surface area is 97.7 Å². The Hall–Kier alpha value is -1.06. The predicted molar refractivity (Wildman–Crippen MR) is 65.7 cm³/mol. The lowest BCUT2D eigenvalue weighted by Crippen LogP contribution is -2.27. The van der Waals surface area contributed by atoms with Gasteiger partial charge in [-0.1, -0.05) is 19.1 Å². The Morgan fingerprint density at radius 1 is 1.31 bits per heavy atom. The van der Waals surface area contributed by atoms with Gasteiger partial charge in [0.2, 0.25) is 0 Å². The van der Waals surface area contributed by atoms with Gasteiger partial charge in [0.15, 0.2) is 0 Å². The van der Waals surface area contributed by atoms with Crippen LogP contribution in [-0.4, -0.2) is 37.3 Å². The second-order valence-corrected chi connectivity index (χ2v) is 3.90. The maximum Gasteiger partial charge on any atom is 0.118 e. The summed E-state index contributed by atoms with van der Waals surface area (Å²) >= 11 is 0. The molecule has 0 unspecified atom stereocenters. The molecule has 16 heavy (non-hydrogen) atoms. The molecule has 0 aromatic heterocycles. The van der Waals surface area contributed by atoms with Crippen LogP contribution in [0.3, 0.4) is 0 Å². The highest BCUT2D eigenvalue weighted by molar-refractivity contribution is 5.29. The average molecular weight is 223 g/mol. The molecular weight excluding hydrogens is 202 g/mol. The van der Waals surface area contributed by atoms with Gasteiger partial charge in [-0.3, -0.25) is 4.90 Å². The Morgan fingerprint density at radius 2 is 1.94 bits per heavy atom. The molecule has 3 heteroatoms. The first kappa shape index (κ1) is 13.0. The second-order valence-electron chi connectivity index (χ2n) is 3.90. The molecule has 0 spiro atoms. The molecule has 0 amide bonds. The number of benzene rings is 1. The number of aliphatic hydroxyl groups excluding tert-OH is 1. The molecule has 1 N–H and O–H groups in total. The molecule has 0 saturated carbocycles. The van der Waals surface area contributed by atoms with Crippen LogP contribution in [0.5, 0.6) is 5.75 Å². The number of rotatable bonds is 6. The SMILES string of the molecule is CC[C@@H](c1ccc(OC)cc1)N(C)CCO. The third-order valence-electron chi connectivity index (χ3n) is 2.87. The molecular formula is C13H21NO2. The normalized spacial score (nSPS) is 12.8. The molecule has 1 aromatic carbocycles. The Kier molecular flexibility index (Phi) is 5.29. The van der Waals surface area contributed by atoms with Crippen molar-refractivity contribution in [2.24, 2.45) is 0 Å². The van der Waals surface area contributed by atoms with Crippen molar-refractivity contribution in [2.45, 2.75) is 19.4 Å². The summed E-state index contributed by atoms with van der Waals surface area (Å²) in [6, 6.07) is 8.48. The summed E-state index contributed by atoms with van der Waals surface area (Å²) < 4.78 is 5.14. The van der Waals surface area contributed by atoms with Crippen LogP contribution >= 0.6 is 0 Å². The zero-order chi connectivity index (χ0) is 12.0. The predicted octanol–water partition coefficient (Wildman–Crippen LogP) is 2.07. The maximum atomic E-state index is 8.95. The first-order valence-corrected chi connectivity index (χ1v) is 5.68. The Bertz CT molecular complexity index is 297. The zero-order valence-electron chi connectivity index (χ0n) is 10.3. The van der Waals surface area contributed by atoms with Crippen LogP contribution in [0.1, 0.15) is 24.9 Å². The van der Waals surface area contributed by atoms with Crippen molar-refractivity contribution in [2.75, 3.05) is 27.3 Å². The molecule has 90 valence electrons. The smallest absolute Gasteiger partial charge is 0.118 e. The van der Waals surface area contributed by atoms with Gasteiger partial charge in [0.1, 0.15) is 5.75 Å². The van der Waals surface area contributed by atoms with Crippen LogP contribution in [-0.2, 0) is 0 Å². The monoisotopic (exact) mass is 223 g/mol. The molecule has 1 atom stereocenters. The number of hydrogen-bond acceptors (Lipinski definition) is 3. The fourth-order valence-electron chi connectivity index (χ4n) is 1.94. The van der Waals surface area contributed by atoms with Crippen LogP contribution in [0.15, 0.2) is 24.3 Å². The molecule has 0 heterocycles. The van der Waals surface area contributed by atoms with E-state index in [0.29, 0.717) is 12.6 Å². The molecule has 3 nitrogen and oxygen atoms in total. The van der Waals surface area contributed by atoms with Crippen molar-refractivity contribution in [1.82, 2.24) is 4.90 Å². The summed E-state index contributed by atoms with van der Waals surface area (Å²) in [5.74, 6) is 0.878. The lowest BCUT2D eigenvalue weighted by Gasteiger charge is -2.26. The number of ether oxygens (including phenoxy) is 1. The van der Waals surface area contributed by atoms with E-state index in [9.17, 15) is 0 Å². The summed E-state index contributed by atoms with van der Waals surface area (Å²) in [6.45, 7) is 3.05. The lowest BCUT2D eigenvalue weighted by atomic mass is 10.0. The third-order valence-corrected chi connectivity index (χ3v) is 2.87. The van der Waals surface area contributed by atoms with Crippen molar-refractivity contribution < 1.29 is 9.84 Å². The summed E-state index contributed by atoms with van der Waals surface area (Å²) in [4.78, 5) is 2.17. The van der Waals surface area contributed by atoms with Gasteiger partial charge in [-0.05, 0) is 31.2 Å². The van der Waals surface area contributed by atoms with Crippen LogP contribution in [0.25, 0.3) is 0 Å². The highest BCUT2D eigenvalue weighted by atomic mass is 16.5. The molecule has 1 rings (SSSR count). The van der Waals surface area contributed by atoms with Gasteiger partial charge in [-0.25, -0.2) is 0 Å². The van der Waals surface area contributed by atoms with Crippen LogP contribution < -0.4 is 4.74 Å². The van der Waals surface area contributed by atoms with Crippen molar-refractivity contribution >= 4 is 0 Å². The molecule has 0 aliphatic carbocycles. The van der Waals surface area contributed by atoms with Gasteiger partial charge < -0.3 is 9.84 Å². The Morgan fingerprint density at radius 3 is 2.38 bits per heavy atom. The fraction of sp³-hybridized carbons (Fsp3) is 0.538. The van der Waals surface area contributed by atoms with E-state index in [4.69, 9.17) is 9.84 Å². The molecule has 0 saturated heterocycles. The number of methoxy groups -OCH3 is 1. The summed E-state index contributed by atoms with van der Waals surface area (Å²) in [6.07, 6.45) is 1.03. The minimum atomic E-state index is 0.198. The quantitative estimate of drug-likeness (QED) is 0.801. The number of aliphatic hydroxyl groups is 1. The molecule has 0 radical (unpaired) electrons. The Balaban J connectivity index is 2.78. The second kappa shape index (κ2) is 6.51. The van der Waals surface area contributed by atoms with Gasteiger partial charge in [0.25, 0.3) is 0 Å². The standard InChI is InChI=1S/C13H21NO2/c1-4-13(14(2)9-10-15)11-5-7-12(16-3)8-6-11/h5-8,13,15H,4,9-10H2,1-3H3/t13-/m0/s1. The van der Waals surface area contributed by atoms with Crippen LogP contribution in [0, 0.1) is 0 Å². The first-order valence-electron chi connectivity index (χ1n) is 5.68. The number of nitrogens with zero attached hydrogens (tertiary/aromatic N) is 1. The van der Waals surface area contributed by atoms with E-state index >= 15 is 0 Å². The van der Waals surface area contributed by atoms with E-state index in [1.54, 1.807) is 7.11 Å². The molecule has 0 fully saturated rings. The largest absolute Gasteiger partial charge is 0.497 e. The number of likely N-dealkylation sites (N-methyl/N-ethyl adjacent to an activating group) is 1. The molecule has 1 aromatic rings. The topological polar surface area (TPSA) is 32.7 Å². The van der Waals surface area contributed by atoms with E-state index < -0.39 is 0 Å². The van der Waals surface area contributed by atoms with Gasteiger partial charge in [-0.15, -0.1) is 0 Å². The highest BCUT2D eigenvalue weighted by Crippen LogP contribution is 2.24. The van der Waals surface area contributed by atoms with Gasteiger partial charge in [0.05, 0.1) is 13.7 Å². The van der Waals surface area contributed by atoms with Crippen LogP contribution in [0.2, 0.25) is 0 Å². The van der Waals surface area contributed by atoms with E-state index in [1.165, 1.54) is 5.56 Å². The minimum Gasteiger partial charge on any atom is -0.497 e. The average Bonchev–Trinajstić information content (AvgIpc) is 2.31. The van der Waals surface area contributed by atoms with Crippen LogP contribution in [0.4, 0.5) is 0 Å². The summed E-state index contributed by atoms with van der Waals surface area (Å²) in [5, 5.41) is 8.95. The van der Waals surface area contributed by atoms with Crippen molar-refractivity contribution in [3.05, 3.63) is 29.8 Å². The fourth-order valence-corrected chi connectivity index (χ4v) is 1.94. The maximum absolute atomic E-state index is 8.95. The van der Waals surface area contributed by atoms with E-state index in [2.05, 4.69) is 24.0 Å². The van der Waals surface area contributed by atoms with Gasteiger partial charge in [-0.2, -0.15) is 0 Å². The van der Waals surface area contributed by atoms with Crippen molar-refractivity contribution in [3.63, 3.8) is 0 Å². The lowest BCUT2D eigenvalue weighted by molar-refractivity contribution is 0.177. The van der Waals surface area contributed by atoms with Crippen molar-refractivity contribution in [3.8, 4) is 5.75 Å². The third kappa shape index (κ3) is 3.22. The molecule has 0 bridgehead atoms. The molecule has 0 aliphatic rings. The molecule has 0 aliphatic heterocycles. The minimum absolute atomic E-state index is 0.198. The van der Waals surface area contributed by atoms with Gasteiger partial charge in [0, 0.05) is 12.6 Å². The highest BCUT2D eigenvalue weighted by Gasteiger charge is 2.14. The van der Waals surface area contributed by atoms with E-state index in [1.807, 2.05) is 19.2 Å². The van der Waals surface area contributed by atoms with E-state index in [-0.39, 0.29) is 6.61 Å². The first-order chi connectivity index (χ1) is 7.72.